The Hall–Kier alpha value is -1.94. The first kappa shape index (κ1) is 19.1. The first-order chi connectivity index (χ1) is 11.1. The molecule has 0 aliphatic rings. The molecular weight excluding hydrogens is 288 g/mol. The van der Waals surface area contributed by atoms with Crippen LogP contribution in [0.1, 0.15) is 57.9 Å². The van der Waals surface area contributed by atoms with Crippen molar-refractivity contribution in [2.45, 2.75) is 58.0 Å². The van der Waals surface area contributed by atoms with Gasteiger partial charge in [0, 0.05) is 6.21 Å². The van der Waals surface area contributed by atoms with Crippen LogP contribution in [0.15, 0.2) is 41.5 Å². The van der Waals surface area contributed by atoms with Crippen molar-refractivity contribution in [1.29, 1.82) is 0 Å². The van der Waals surface area contributed by atoms with E-state index in [0.717, 1.165) is 31.2 Å². The van der Waals surface area contributed by atoms with E-state index in [1.165, 1.54) is 6.21 Å². The molecule has 1 aromatic rings. The molecule has 0 heterocycles. The number of nitrogens with one attached hydrogen (secondary N) is 1. The Labute approximate surface area is 139 Å². The normalized spacial score (nSPS) is 12.1. The molecule has 126 valence electrons. The molecule has 0 bridgehead atoms. The van der Waals surface area contributed by atoms with Gasteiger partial charge in [-0.05, 0) is 24.5 Å². The molecule has 0 atom stereocenters. The fraction of sp³-hybridized carbons (Fsp3) is 0.474. The highest BCUT2D eigenvalue weighted by molar-refractivity contribution is 5.86. The predicted molar refractivity (Wildman–Crippen MR) is 96.1 cm³/mol. The molecule has 0 fully saturated rings. The van der Waals surface area contributed by atoms with Crippen molar-refractivity contribution < 1.29 is 9.90 Å². The SMILES string of the molecule is CCCCC(O)(CCCC)C(=O)N/N=C\C=C\c1ccccc1. The monoisotopic (exact) mass is 316 g/mol. The first-order valence-electron chi connectivity index (χ1n) is 8.40. The Morgan fingerprint density at radius 3 is 2.35 bits per heavy atom. The van der Waals surface area contributed by atoms with Crippen molar-refractivity contribution in [3.63, 3.8) is 0 Å². The molecule has 2 N–H and O–H groups in total. The molecule has 0 aromatic heterocycles. The van der Waals surface area contributed by atoms with Gasteiger partial charge in [-0.25, -0.2) is 5.43 Å². The van der Waals surface area contributed by atoms with E-state index in [1.54, 1.807) is 6.08 Å². The highest BCUT2D eigenvalue weighted by Crippen LogP contribution is 2.21. The van der Waals surface area contributed by atoms with Crippen LogP contribution in [0.2, 0.25) is 0 Å². The lowest BCUT2D eigenvalue weighted by atomic mass is 9.90. The molecule has 0 saturated carbocycles. The second-order valence-corrected chi connectivity index (χ2v) is 5.73. The number of benzene rings is 1. The number of hydrogen-bond donors (Lipinski definition) is 2. The van der Waals surface area contributed by atoms with Crippen LogP contribution in [-0.2, 0) is 4.79 Å². The average Bonchev–Trinajstić information content (AvgIpc) is 2.58. The molecule has 1 rings (SSSR count). The third-order valence-corrected chi connectivity index (χ3v) is 3.73. The van der Waals surface area contributed by atoms with Gasteiger partial charge in [-0.2, -0.15) is 5.10 Å². The quantitative estimate of drug-likeness (QED) is 0.508. The van der Waals surface area contributed by atoms with Gasteiger partial charge in [0.1, 0.15) is 5.60 Å². The van der Waals surface area contributed by atoms with E-state index < -0.39 is 11.5 Å². The summed E-state index contributed by atoms with van der Waals surface area (Å²) < 4.78 is 0. The van der Waals surface area contributed by atoms with Gasteiger partial charge in [-0.15, -0.1) is 0 Å². The lowest BCUT2D eigenvalue weighted by molar-refractivity contribution is -0.141. The number of nitrogens with zero attached hydrogens (tertiary/aromatic N) is 1. The maximum absolute atomic E-state index is 12.2. The van der Waals surface area contributed by atoms with Crippen molar-refractivity contribution in [2.24, 2.45) is 5.10 Å². The molecule has 0 aliphatic heterocycles. The largest absolute Gasteiger partial charge is 0.380 e. The highest BCUT2D eigenvalue weighted by atomic mass is 16.3. The Bertz CT molecular complexity index is 501. The van der Waals surface area contributed by atoms with E-state index >= 15 is 0 Å². The number of rotatable bonds is 10. The van der Waals surface area contributed by atoms with E-state index in [2.05, 4.69) is 10.5 Å². The topological polar surface area (TPSA) is 61.7 Å². The Kier molecular flexibility index (Phi) is 8.91. The summed E-state index contributed by atoms with van der Waals surface area (Å²) in [7, 11) is 0. The lowest BCUT2D eigenvalue weighted by Gasteiger charge is -2.25. The number of carbonyl (C=O) groups excluding carboxylic acids is 1. The molecule has 23 heavy (non-hydrogen) atoms. The van der Waals surface area contributed by atoms with E-state index in [0.29, 0.717) is 12.8 Å². The van der Waals surface area contributed by atoms with Crippen LogP contribution in [0, 0.1) is 0 Å². The lowest BCUT2D eigenvalue weighted by Crippen LogP contribution is -2.45. The zero-order chi connectivity index (χ0) is 17.0. The minimum atomic E-state index is -1.31. The third kappa shape index (κ3) is 7.24. The van der Waals surface area contributed by atoms with Crippen molar-refractivity contribution in [3.05, 3.63) is 42.0 Å². The summed E-state index contributed by atoms with van der Waals surface area (Å²) in [5.41, 5.74) is 2.21. The number of amides is 1. The number of carbonyl (C=O) groups is 1. The molecular formula is C19H28N2O2. The summed E-state index contributed by atoms with van der Waals surface area (Å²) in [5.74, 6) is -0.413. The van der Waals surface area contributed by atoms with Gasteiger partial charge in [-0.1, -0.05) is 75.9 Å². The maximum Gasteiger partial charge on any atom is 0.271 e. The minimum Gasteiger partial charge on any atom is -0.380 e. The van der Waals surface area contributed by atoms with E-state index in [1.807, 2.05) is 50.3 Å². The summed E-state index contributed by atoms with van der Waals surface area (Å²) in [6.07, 6.45) is 9.68. The van der Waals surface area contributed by atoms with Crippen LogP contribution in [0.5, 0.6) is 0 Å². The van der Waals surface area contributed by atoms with Gasteiger partial charge in [-0.3, -0.25) is 4.79 Å². The Morgan fingerprint density at radius 2 is 1.78 bits per heavy atom. The summed E-state index contributed by atoms with van der Waals surface area (Å²) in [6.45, 7) is 4.09. The van der Waals surface area contributed by atoms with Crippen molar-refractivity contribution >= 4 is 18.2 Å². The summed E-state index contributed by atoms with van der Waals surface area (Å²) in [6, 6.07) is 9.84. The molecule has 4 heteroatoms. The van der Waals surface area contributed by atoms with Crippen molar-refractivity contribution in [2.75, 3.05) is 0 Å². The van der Waals surface area contributed by atoms with Crippen LogP contribution in [0.25, 0.3) is 6.08 Å². The van der Waals surface area contributed by atoms with Gasteiger partial charge < -0.3 is 5.11 Å². The van der Waals surface area contributed by atoms with Gasteiger partial charge >= 0.3 is 0 Å². The fourth-order valence-electron chi connectivity index (χ4n) is 2.25. The van der Waals surface area contributed by atoms with Crippen LogP contribution in [0.3, 0.4) is 0 Å². The van der Waals surface area contributed by atoms with Gasteiger partial charge in [0.25, 0.3) is 5.91 Å². The van der Waals surface area contributed by atoms with Gasteiger partial charge in [0.05, 0.1) is 0 Å². The smallest absolute Gasteiger partial charge is 0.271 e. The number of hydrogen-bond acceptors (Lipinski definition) is 3. The summed E-state index contributed by atoms with van der Waals surface area (Å²) in [5, 5.41) is 14.5. The predicted octanol–water partition coefficient (Wildman–Crippen LogP) is 3.91. The number of unbranched alkanes of at least 4 members (excludes halogenated alkanes) is 2. The first-order valence-corrected chi connectivity index (χ1v) is 8.40. The van der Waals surface area contributed by atoms with E-state index in [-0.39, 0.29) is 0 Å². The Morgan fingerprint density at radius 1 is 1.17 bits per heavy atom. The second-order valence-electron chi connectivity index (χ2n) is 5.73. The zero-order valence-electron chi connectivity index (χ0n) is 14.2. The Balaban J connectivity index is 2.53. The summed E-state index contributed by atoms with van der Waals surface area (Å²) >= 11 is 0. The number of aliphatic hydroxyl groups is 1. The molecule has 4 nitrogen and oxygen atoms in total. The molecule has 1 aromatic carbocycles. The standard InChI is InChI=1S/C19H28N2O2/c1-3-5-14-19(23,15-6-4-2)18(22)21-20-16-10-13-17-11-8-7-9-12-17/h7-13,16,23H,3-6,14-15H2,1-2H3,(H,21,22)/b13-10+,20-16-. The second kappa shape index (κ2) is 10.7. The molecule has 0 spiro atoms. The molecule has 0 unspecified atom stereocenters. The number of allylic oxidation sites excluding steroid dienone is 1. The van der Waals surface area contributed by atoms with Crippen LogP contribution in [-0.4, -0.2) is 22.8 Å². The minimum absolute atomic E-state index is 0.413. The number of hydrazone groups is 1. The van der Waals surface area contributed by atoms with E-state index in [4.69, 9.17) is 0 Å². The molecule has 1 amide bonds. The van der Waals surface area contributed by atoms with Crippen LogP contribution >= 0.6 is 0 Å². The summed E-state index contributed by atoms with van der Waals surface area (Å²) in [4.78, 5) is 12.2. The zero-order valence-corrected chi connectivity index (χ0v) is 14.2. The van der Waals surface area contributed by atoms with Crippen LogP contribution < -0.4 is 5.43 Å². The molecule has 0 saturated heterocycles. The molecule has 0 radical (unpaired) electrons. The van der Waals surface area contributed by atoms with Crippen molar-refractivity contribution in [1.82, 2.24) is 5.43 Å². The fourth-order valence-corrected chi connectivity index (χ4v) is 2.25. The van der Waals surface area contributed by atoms with Gasteiger partial charge in [0.2, 0.25) is 0 Å². The average molecular weight is 316 g/mol. The highest BCUT2D eigenvalue weighted by Gasteiger charge is 2.34. The van der Waals surface area contributed by atoms with E-state index in [9.17, 15) is 9.90 Å². The maximum atomic E-state index is 12.2. The van der Waals surface area contributed by atoms with Crippen LogP contribution in [0.4, 0.5) is 0 Å². The van der Waals surface area contributed by atoms with Gasteiger partial charge in [0.15, 0.2) is 0 Å². The third-order valence-electron chi connectivity index (χ3n) is 3.73. The molecule has 0 aliphatic carbocycles. The van der Waals surface area contributed by atoms with Crippen molar-refractivity contribution in [3.8, 4) is 0 Å².